The number of likely N-dealkylation sites (tertiary alicyclic amines) is 1. The molecule has 0 aliphatic carbocycles. The Morgan fingerprint density at radius 1 is 1.14 bits per heavy atom. The van der Waals surface area contributed by atoms with Crippen LogP contribution in [0.25, 0.3) is 38.7 Å². The molecular formula is C25H24F2N8. The van der Waals surface area contributed by atoms with Gasteiger partial charge in [-0.3, -0.25) is 0 Å². The fourth-order valence-corrected chi connectivity index (χ4v) is 6.05. The number of hydrogen-bond donors (Lipinski definition) is 2. The minimum absolute atomic E-state index is 0.219. The van der Waals surface area contributed by atoms with Crippen LogP contribution in [-0.2, 0) is 0 Å². The Hall–Kier alpha value is -3.79. The van der Waals surface area contributed by atoms with Crippen molar-refractivity contribution in [3.8, 4) is 11.1 Å². The summed E-state index contributed by atoms with van der Waals surface area (Å²) in [6.07, 6.45) is 8.26. The van der Waals surface area contributed by atoms with Crippen molar-refractivity contribution in [2.45, 2.75) is 12.5 Å². The van der Waals surface area contributed by atoms with Gasteiger partial charge in [0.2, 0.25) is 0 Å². The van der Waals surface area contributed by atoms with Crippen molar-refractivity contribution >= 4 is 39.0 Å². The van der Waals surface area contributed by atoms with E-state index in [1.165, 1.54) is 6.07 Å². The first-order valence-corrected chi connectivity index (χ1v) is 11.8. The minimum atomic E-state index is -0.890. The average Bonchev–Trinajstić information content (AvgIpc) is 3.62. The number of nitrogens with zero attached hydrogens (tertiary/aromatic N) is 6. The van der Waals surface area contributed by atoms with Gasteiger partial charge in [-0.2, -0.15) is 5.10 Å². The third-order valence-electron chi connectivity index (χ3n) is 7.61. The molecule has 8 nitrogen and oxygen atoms in total. The molecule has 2 atom stereocenters. The molecule has 2 aliphatic rings. The van der Waals surface area contributed by atoms with Crippen molar-refractivity contribution in [1.82, 2.24) is 29.5 Å². The highest BCUT2D eigenvalue weighted by Crippen LogP contribution is 2.46. The summed E-state index contributed by atoms with van der Waals surface area (Å²) in [4.78, 5) is 17.2. The second kappa shape index (κ2) is 7.35. The molecule has 2 N–H and O–H groups in total. The average molecular weight is 475 g/mol. The monoisotopic (exact) mass is 474 g/mol. The Morgan fingerprint density at radius 2 is 2.03 bits per heavy atom. The quantitative estimate of drug-likeness (QED) is 0.413. The number of aromatic amines is 1. The number of benzene rings is 1. The van der Waals surface area contributed by atoms with Crippen LogP contribution in [0.15, 0.2) is 36.9 Å². The van der Waals surface area contributed by atoms with Gasteiger partial charge >= 0.3 is 0 Å². The normalized spacial score (nSPS) is 20.5. The predicted molar refractivity (Wildman–Crippen MR) is 132 cm³/mol. The van der Waals surface area contributed by atoms with E-state index in [0.717, 1.165) is 48.5 Å². The lowest BCUT2D eigenvalue weighted by Gasteiger charge is -2.29. The molecule has 6 heterocycles. The molecule has 5 aromatic rings. The molecule has 2 aliphatic heterocycles. The van der Waals surface area contributed by atoms with E-state index >= 15 is 4.39 Å². The number of rotatable bonds is 3. The number of nitrogens with one attached hydrogen (secondary N) is 2. The molecule has 10 heteroatoms. The summed E-state index contributed by atoms with van der Waals surface area (Å²) < 4.78 is 31.9. The van der Waals surface area contributed by atoms with Gasteiger partial charge in [-0.1, -0.05) is 0 Å². The van der Waals surface area contributed by atoms with Crippen LogP contribution in [-0.4, -0.2) is 69.2 Å². The van der Waals surface area contributed by atoms with Gasteiger partial charge < -0.3 is 20.1 Å². The van der Waals surface area contributed by atoms with Crippen LogP contribution >= 0.6 is 0 Å². The second-order valence-electron chi connectivity index (χ2n) is 9.60. The van der Waals surface area contributed by atoms with E-state index in [4.69, 9.17) is 0 Å². The van der Waals surface area contributed by atoms with Crippen molar-refractivity contribution in [2.24, 2.45) is 5.92 Å². The highest BCUT2D eigenvalue weighted by Gasteiger charge is 2.42. The molecule has 2 fully saturated rings. The lowest BCUT2D eigenvalue weighted by Crippen LogP contribution is -2.35. The van der Waals surface area contributed by atoms with Crippen LogP contribution in [0, 0.1) is 17.6 Å². The fourth-order valence-electron chi connectivity index (χ4n) is 6.05. The van der Waals surface area contributed by atoms with E-state index in [9.17, 15) is 4.39 Å². The Morgan fingerprint density at radius 3 is 2.89 bits per heavy atom. The Kier molecular flexibility index (Phi) is 4.32. The highest BCUT2D eigenvalue weighted by molar-refractivity contribution is 6.18. The topological polar surface area (TPSA) is 77.4 Å². The van der Waals surface area contributed by atoms with E-state index in [2.05, 4.69) is 42.2 Å². The maximum Gasteiger partial charge on any atom is 0.169 e. The van der Waals surface area contributed by atoms with E-state index in [0.29, 0.717) is 28.2 Å². The zero-order valence-corrected chi connectivity index (χ0v) is 19.4. The van der Waals surface area contributed by atoms with Gasteiger partial charge in [-0.05, 0) is 19.4 Å². The van der Waals surface area contributed by atoms with Crippen molar-refractivity contribution in [2.75, 3.05) is 43.9 Å². The molecule has 35 heavy (non-hydrogen) atoms. The number of likely N-dealkylation sites (N-methyl/N-ethyl adjacent to an activating group) is 1. The van der Waals surface area contributed by atoms with Crippen molar-refractivity contribution < 1.29 is 8.78 Å². The smallest absolute Gasteiger partial charge is 0.169 e. The van der Waals surface area contributed by atoms with Crippen LogP contribution < -0.4 is 10.2 Å². The predicted octanol–water partition coefficient (Wildman–Crippen LogP) is 3.89. The van der Waals surface area contributed by atoms with E-state index in [1.807, 2.05) is 12.3 Å². The lowest BCUT2D eigenvalue weighted by molar-refractivity contribution is 0.386. The summed E-state index contributed by atoms with van der Waals surface area (Å²) in [5.74, 6) is -1.23. The fraction of sp³-hybridized carbons (Fsp3) is 0.320. The molecule has 2 saturated heterocycles. The van der Waals surface area contributed by atoms with Crippen molar-refractivity contribution in [3.63, 3.8) is 0 Å². The molecule has 7 rings (SSSR count). The molecule has 0 bridgehead atoms. The summed E-state index contributed by atoms with van der Waals surface area (Å²) in [5.41, 5.74) is 4.78. The van der Waals surface area contributed by atoms with Gasteiger partial charge in [0, 0.05) is 74.6 Å². The largest absolute Gasteiger partial charge is 0.386 e. The molecule has 0 amide bonds. The number of anilines is 2. The van der Waals surface area contributed by atoms with Gasteiger partial charge in [-0.15, -0.1) is 0 Å². The van der Waals surface area contributed by atoms with Crippen LogP contribution in [0.3, 0.4) is 0 Å². The van der Waals surface area contributed by atoms with Gasteiger partial charge in [0.1, 0.15) is 5.65 Å². The minimum Gasteiger partial charge on any atom is -0.386 e. The number of pyridine rings is 1. The van der Waals surface area contributed by atoms with Crippen LogP contribution in [0.2, 0.25) is 0 Å². The summed E-state index contributed by atoms with van der Waals surface area (Å²) in [6, 6.07) is 3.31. The number of H-pyrrole nitrogens is 1. The molecule has 0 unspecified atom stereocenters. The van der Waals surface area contributed by atoms with Crippen LogP contribution in [0.1, 0.15) is 6.42 Å². The first-order valence-electron chi connectivity index (χ1n) is 11.8. The first-order chi connectivity index (χ1) is 17.0. The molecule has 0 saturated carbocycles. The third kappa shape index (κ3) is 2.89. The zero-order valence-electron chi connectivity index (χ0n) is 19.4. The molecule has 0 spiro atoms. The van der Waals surface area contributed by atoms with Gasteiger partial charge in [0.15, 0.2) is 17.3 Å². The van der Waals surface area contributed by atoms with Crippen molar-refractivity contribution in [3.05, 3.63) is 48.6 Å². The molecule has 1 aromatic carbocycles. The number of halogens is 2. The molecular weight excluding hydrogens is 450 g/mol. The van der Waals surface area contributed by atoms with Crippen LogP contribution in [0.5, 0.6) is 0 Å². The summed E-state index contributed by atoms with van der Waals surface area (Å²) in [5, 5.41) is 8.14. The van der Waals surface area contributed by atoms with E-state index in [-0.39, 0.29) is 11.4 Å². The summed E-state index contributed by atoms with van der Waals surface area (Å²) in [6.45, 7) is 2.80. The maximum absolute atomic E-state index is 15.5. The Labute approximate surface area is 199 Å². The molecule has 4 aromatic heterocycles. The van der Waals surface area contributed by atoms with Crippen LogP contribution in [0.4, 0.5) is 20.2 Å². The number of hydrogen-bond acceptors (Lipinski definition) is 6. The van der Waals surface area contributed by atoms with Gasteiger partial charge in [0.25, 0.3) is 0 Å². The molecule has 0 radical (unpaired) electrons. The standard InChI is InChI=1S/C25H24F2N8/c1-28-17-7-16(26)22(27)20-21-24(34-6-4-13-10-33(2)12-18(13)34)15(9-30-25(21)32-23(17)20)14-8-29-19-3-5-31-35(19)11-14/h3,5,7-9,11,13,18,28H,4,6,10,12H2,1-2H3,(H,30,32)/t13-,18+/m1/s1. The summed E-state index contributed by atoms with van der Waals surface area (Å²) in [7, 11) is 3.83. The Balaban J connectivity index is 1.58. The molecule has 178 valence electrons. The lowest BCUT2D eigenvalue weighted by atomic mass is 10.0. The van der Waals surface area contributed by atoms with Gasteiger partial charge in [-0.25, -0.2) is 23.3 Å². The van der Waals surface area contributed by atoms with E-state index < -0.39 is 11.6 Å². The highest BCUT2D eigenvalue weighted by atomic mass is 19.2. The summed E-state index contributed by atoms with van der Waals surface area (Å²) >= 11 is 0. The number of fused-ring (bicyclic) bond motifs is 5. The third-order valence-corrected chi connectivity index (χ3v) is 7.61. The van der Waals surface area contributed by atoms with Crippen molar-refractivity contribution in [1.29, 1.82) is 0 Å². The SMILES string of the molecule is CNc1cc(F)c(F)c2c1[nH]c1ncc(-c3cnc4ccnn4c3)c(N3CC[C@@H]4CN(C)C[C@@H]43)c12. The van der Waals surface area contributed by atoms with Gasteiger partial charge in [0.05, 0.1) is 33.9 Å². The maximum atomic E-state index is 15.5. The zero-order chi connectivity index (χ0) is 23.8. The Bertz CT molecular complexity index is 1620. The first kappa shape index (κ1) is 20.6. The second-order valence-corrected chi connectivity index (χ2v) is 9.60. The van der Waals surface area contributed by atoms with E-state index in [1.54, 1.807) is 30.2 Å². The number of aromatic nitrogens is 5.